The monoisotopic (exact) mass is 304 g/mol. The van der Waals surface area contributed by atoms with Crippen LogP contribution in [0.4, 0.5) is 5.69 Å². The number of nitrogens with two attached hydrogens (primary N) is 1. The van der Waals surface area contributed by atoms with Gasteiger partial charge in [0.15, 0.2) is 5.75 Å². The first kappa shape index (κ1) is 11.5. The zero-order valence-electron chi connectivity index (χ0n) is 9.82. The van der Waals surface area contributed by atoms with Gasteiger partial charge in [-0.15, -0.1) is 0 Å². The average molecular weight is 305 g/mol. The number of hydrogen-bond donors (Lipinski definition) is 1. The number of halogens is 1. The second-order valence-electron chi connectivity index (χ2n) is 4.37. The van der Waals surface area contributed by atoms with E-state index in [-0.39, 0.29) is 0 Å². The van der Waals surface area contributed by atoms with Gasteiger partial charge in [-0.1, -0.05) is 12.1 Å². The zero-order valence-corrected chi connectivity index (χ0v) is 11.4. The van der Waals surface area contributed by atoms with Crippen LogP contribution in [0.1, 0.15) is 17.7 Å². The van der Waals surface area contributed by atoms with Gasteiger partial charge >= 0.3 is 0 Å². The summed E-state index contributed by atoms with van der Waals surface area (Å²) < 4.78 is 6.62. The van der Waals surface area contributed by atoms with Crippen LogP contribution in [-0.4, -0.2) is 4.98 Å². The molecule has 2 aromatic rings. The summed E-state index contributed by atoms with van der Waals surface area (Å²) in [7, 11) is 0. The van der Waals surface area contributed by atoms with Gasteiger partial charge in [0.25, 0.3) is 0 Å². The molecule has 1 aliphatic rings. The summed E-state index contributed by atoms with van der Waals surface area (Å²) in [6.45, 7) is 0. The Morgan fingerprint density at radius 2 is 2.06 bits per heavy atom. The van der Waals surface area contributed by atoms with Gasteiger partial charge in [-0.3, -0.25) is 0 Å². The Balaban J connectivity index is 1.93. The minimum absolute atomic E-state index is 0.603. The molecule has 1 aromatic carbocycles. The van der Waals surface area contributed by atoms with Gasteiger partial charge in [0.05, 0.1) is 10.2 Å². The second-order valence-corrected chi connectivity index (χ2v) is 5.22. The van der Waals surface area contributed by atoms with E-state index in [1.807, 2.05) is 24.3 Å². The first-order valence-electron chi connectivity index (χ1n) is 5.94. The first-order valence-corrected chi connectivity index (χ1v) is 6.74. The van der Waals surface area contributed by atoms with Crippen LogP contribution >= 0.6 is 15.9 Å². The van der Waals surface area contributed by atoms with Crippen LogP contribution in [0.3, 0.4) is 0 Å². The van der Waals surface area contributed by atoms with E-state index in [0.29, 0.717) is 17.3 Å². The van der Waals surface area contributed by atoms with E-state index in [1.54, 1.807) is 0 Å². The first-order chi connectivity index (χ1) is 8.74. The molecule has 2 N–H and O–H groups in total. The molecule has 0 saturated heterocycles. The largest absolute Gasteiger partial charge is 0.436 e. The Kier molecular flexibility index (Phi) is 2.96. The highest BCUT2D eigenvalue weighted by Gasteiger charge is 2.14. The zero-order chi connectivity index (χ0) is 12.5. The Bertz CT molecular complexity index is 578. The number of hydrogen-bond acceptors (Lipinski definition) is 3. The van der Waals surface area contributed by atoms with E-state index in [0.717, 1.165) is 23.0 Å². The molecular weight excluding hydrogens is 292 g/mol. The molecule has 0 unspecified atom stereocenters. The van der Waals surface area contributed by atoms with E-state index in [1.165, 1.54) is 12.0 Å². The third-order valence-corrected chi connectivity index (χ3v) is 3.73. The number of pyridine rings is 1. The predicted octanol–water partition coefficient (Wildman–Crippen LogP) is 3.71. The van der Waals surface area contributed by atoms with Gasteiger partial charge in [0, 0.05) is 11.8 Å². The molecule has 0 amide bonds. The number of fused-ring (bicyclic) bond motifs is 1. The molecule has 0 atom stereocenters. The predicted molar refractivity (Wildman–Crippen MR) is 74.9 cm³/mol. The minimum Gasteiger partial charge on any atom is -0.436 e. The van der Waals surface area contributed by atoms with Crippen LogP contribution in [0, 0.1) is 0 Å². The van der Waals surface area contributed by atoms with Crippen molar-refractivity contribution in [2.24, 2.45) is 0 Å². The van der Waals surface area contributed by atoms with Gasteiger partial charge in [-0.25, -0.2) is 4.98 Å². The number of para-hydroxylation sites is 1. The molecule has 1 aliphatic carbocycles. The third-order valence-electron chi connectivity index (χ3n) is 3.11. The molecule has 0 radical (unpaired) electrons. The Hall–Kier alpha value is -1.55. The van der Waals surface area contributed by atoms with Gasteiger partial charge in [-0.05, 0) is 52.9 Å². The lowest BCUT2D eigenvalue weighted by Crippen LogP contribution is -1.96. The lowest BCUT2D eigenvalue weighted by atomic mass is 10.2. The van der Waals surface area contributed by atoms with E-state index in [2.05, 4.69) is 27.0 Å². The fourth-order valence-corrected chi connectivity index (χ4v) is 2.66. The van der Waals surface area contributed by atoms with E-state index >= 15 is 0 Å². The topological polar surface area (TPSA) is 48.1 Å². The molecule has 4 heteroatoms. The second kappa shape index (κ2) is 4.61. The maximum atomic E-state index is 5.90. The molecule has 3 nitrogen and oxygen atoms in total. The van der Waals surface area contributed by atoms with Crippen LogP contribution in [0.2, 0.25) is 0 Å². The van der Waals surface area contributed by atoms with E-state index in [4.69, 9.17) is 10.5 Å². The summed E-state index contributed by atoms with van der Waals surface area (Å²) in [5.41, 5.74) is 8.99. The molecule has 92 valence electrons. The lowest BCUT2D eigenvalue weighted by Gasteiger charge is -2.10. The van der Waals surface area contributed by atoms with Crippen molar-refractivity contribution < 1.29 is 4.74 Å². The van der Waals surface area contributed by atoms with Crippen molar-refractivity contribution in [3.8, 4) is 11.6 Å². The fraction of sp³-hybridized carbons (Fsp3) is 0.214. The van der Waals surface area contributed by atoms with Crippen molar-refractivity contribution in [3.05, 3.63) is 46.1 Å². The Morgan fingerprint density at radius 3 is 2.89 bits per heavy atom. The normalized spacial score (nSPS) is 13.4. The molecule has 0 bridgehead atoms. The van der Waals surface area contributed by atoms with Gasteiger partial charge < -0.3 is 10.5 Å². The molecule has 0 fully saturated rings. The van der Waals surface area contributed by atoms with Crippen molar-refractivity contribution in [2.75, 3.05) is 5.73 Å². The quantitative estimate of drug-likeness (QED) is 0.861. The highest BCUT2D eigenvalue weighted by molar-refractivity contribution is 9.10. The maximum absolute atomic E-state index is 5.90. The summed E-state index contributed by atoms with van der Waals surface area (Å²) in [6.07, 6.45) is 3.35. The van der Waals surface area contributed by atoms with Crippen LogP contribution in [-0.2, 0) is 12.8 Å². The molecule has 0 spiro atoms. The van der Waals surface area contributed by atoms with E-state index in [9.17, 15) is 0 Å². The third kappa shape index (κ3) is 2.08. The van der Waals surface area contributed by atoms with Crippen LogP contribution in [0.25, 0.3) is 0 Å². The van der Waals surface area contributed by atoms with Crippen molar-refractivity contribution in [1.82, 2.24) is 4.98 Å². The van der Waals surface area contributed by atoms with Crippen molar-refractivity contribution in [2.45, 2.75) is 19.3 Å². The minimum atomic E-state index is 0.603. The number of benzene rings is 1. The number of rotatable bonds is 2. The molecule has 18 heavy (non-hydrogen) atoms. The van der Waals surface area contributed by atoms with Crippen LogP contribution in [0.5, 0.6) is 11.6 Å². The van der Waals surface area contributed by atoms with Crippen LogP contribution in [0.15, 0.2) is 34.8 Å². The van der Waals surface area contributed by atoms with Crippen molar-refractivity contribution in [1.29, 1.82) is 0 Å². The van der Waals surface area contributed by atoms with Crippen LogP contribution < -0.4 is 10.5 Å². The highest BCUT2D eigenvalue weighted by atomic mass is 79.9. The number of aryl methyl sites for hydroxylation is 2. The van der Waals surface area contributed by atoms with Gasteiger partial charge in [0.2, 0.25) is 5.88 Å². The Labute approximate surface area is 114 Å². The smallest absolute Gasteiger partial charge is 0.219 e. The number of ether oxygens (including phenoxy) is 1. The highest BCUT2D eigenvalue weighted by Crippen LogP contribution is 2.35. The average Bonchev–Trinajstić information content (AvgIpc) is 2.81. The fourth-order valence-electron chi connectivity index (χ4n) is 2.20. The maximum Gasteiger partial charge on any atom is 0.219 e. The van der Waals surface area contributed by atoms with E-state index < -0.39 is 0 Å². The number of anilines is 1. The number of aromatic nitrogens is 1. The summed E-state index contributed by atoms with van der Waals surface area (Å²) in [5, 5.41) is 0. The standard InChI is InChI=1S/C14H13BrN2O/c15-10-4-2-5-11(16)14(10)18-13-8-7-9-3-1-6-12(9)17-13/h2,4-5,7-8H,1,3,6,16H2. The molecule has 1 aromatic heterocycles. The summed E-state index contributed by atoms with van der Waals surface area (Å²) in [5.74, 6) is 1.23. The molecule has 0 aliphatic heterocycles. The number of nitrogens with zero attached hydrogens (tertiary/aromatic N) is 1. The lowest BCUT2D eigenvalue weighted by molar-refractivity contribution is 0.460. The summed E-state index contributed by atoms with van der Waals surface area (Å²) in [4.78, 5) is 4.53. The summed E-state index contributed by atoms with van der Waals surface area (Å²) in [6, 6.07) is 9.59. The Morgan fingerprint density at radius 1 is 1.17 bits per heavy atom. The summed E-state index contributed by atoms with van der Waals surface area (Å²) >= 11 is 3.43. The molecule has 3 rings (SSSR count). The molecule has 0 saturated carbocycles. The number of nitrogen functional groups attached to an aromatic ring is 1. The SMILES string of the molecule is Nc1cccc(Br)c1Oc1ccc2c(n1)CCC2. The van der Waals surface area contributed by atoms with Gasteiger partial charge in [0.1, 0.15) is 0 Å². The molecule has 1 heterocycles. The molecular formula is C14H13BrN2O. The van der Waals surface area contributed by atoms with Gasteiger partial charge in [-0.2, -0.15) is 0 Å². The van der Waals surface area contributed by atoms with Crippen molar-refractivity contribution in [3.63, 3.8) is 0 Å². The van der Waals surface area contributed by atoms with Crippen molar-refractivity contribution >= 4 is 21.6 Å².